The van der Waals surface area contributed by atoms with Crippen LogP contribution in [0.25, 0.3) is 0 Å². The molecule has 0 spiro atoms. The average Bonchev–Trinajstić information content (AvgIpc) is 3.52. The van der Waals surface area contributed by atoms with E-state index in [0.29, 0.717) is 6.42 Å². The van der Waals surface area contributed by atoms with E-state index in [1.165, 1.54) is 33.7 Å². The van der Waals surface area contributed by atoms with Crippen LogP contribution in [0.4, 0.5) is 11.6 Å². The lowest BCUT2D eigenvalue weighted by Gasteiger charge is -2.39. The fraction of sp³-hybridized carbons (Fsp3) is 0.733. The Kier molecular flexibility index (Phi) is 11.9. The second-order valence-electron chi connectivity index (χ2n) is 15.7. The van der Waals surface area contributed by atoms with Crippen LogP contribution in [-0.4, -0.2) is 78.3 Å². The van der Waals surface area contributed by atoms with Gasteiger partial charge in [-0.1, -0.05) is 41.5 Å². The van der Waals surface area contributed by atoms with Crippen molar-refractivity contribution in [2.45, 2.75) is 128 Å². The molecule has 2 aliphatic rings. The molecule has 2 aromatic rings. The first kappa shape index (κ1) is 39.9. The molecule has 2 saturated heterocycles. The molecule has 4 heterocycles. The Bertz CT molecular complexity index is 1650. The summed E-state index contributed by atoms with van der Waals surface area (Å²) in [7, 11) is -4.50. The van der Waals surface area contributed by atoms with Crippen LogP contribution < -0.4 is 22.8 Å². The number of nitrogens with two attached hydrogens (primary N) is 2. The van der Waals surface area contributed by atoms with Crippen LogP contribution in [0, 0.1) is 0 Å². The molecule has 5 N–H and O–H groups in total. The quantitative estimate of drug-likeness (QED) is 0.205. The minimum absolute atomic E-state index is 0.0657. The standard InChI is InChI=1S/C30H53N6O9PSSi2/c1-29(2,3)48(7,8)41-18-22-19(15-25(43-22)35-13-11-23(31)33-27(35)37)44-46(39,47)40-17-21-20(45-49(9,10)30(4,5)6)16-26(42-21)36-14-12-24(32)34-28(36)38/h11-14,19-22,25-26H,15-18H2,1-10H3,(H,39,47)(H2,31,33,37)(H2,32,34,38). The van der Waals surface area contributed by atoms with Crippen molar-refractivity contribution in [1.29, 1.82) is 0 Å². The zero-order chi connectivity index (χ0) is 36.7. The first-order chi connectivity index (χ1) is 22.4. The summed E-state index contributed by atoms with van der Waals surface area (Å²) < 4.78 is 40.5. The van der Waals surface area contributed by atoms with E-state index >= 15 is 0 Å². The van der Waals surface area contributed by atoms with Gasteiger partial charge in [-0.15, -0.1) is 0 Å². The van der Waals surface area contributed by atoms with Crippen molar-refractivity contribution in [1.82, 2.24) is 19.1 Å². The molecule has 19 heteroatoms. The Labute approximate surface area is 295 Å². The number of hydrogen-bond acceptors (Lipinski definition) is 13. The molecule has 4 rings (SSSR count). The van der Waals surface area contributed by atoms with Crippen molar-refractivity contribution in [2.75, 3.05) is 24.7 Å². The van der Waals surface area contributed by atoms with E-state index in [-0.39, 0.29) is 41.3 Å². The minimum atomic E-state index is -3.92. The zero-order valence-electron chi connectivity index (χ0n) is 30.1. The summed E-state index contributed by atoms with van der Waals surface area (Å²) in [6.45, 7) is 17.3. The van der Waals surface area contributed by atoms with E-state index in [2.05, 4.69) is 77.7 Å². The van der Waals surface area contributed by atoms with Crippen LogP contribution in [0.2, 0.25) is 36.3 Å². The third-order valence-corrected chi connectivity index (χ3v) is 20.6. The fourth-order valence-corrected chi connectivity index (χ4v) is 8.85. The van der Waals surface area contributed by atoms with Gasteiger partial charge in [-0.3, -0.25) is 9.13 Å². The highest BCUT2D eigenvalue weighted by Crippen LogP contribution is 2.50. The van der Waals surface area contributed by atoms with Crippen LogP contribution in [0.3, 0.4) is 0 Å². The van der Waals surface area contributed by atoms with Crippen molar-refractivity contribution in [2.24, 2.45) is 0 Å². The number of rotatable bonds is 12. The topological polar surface area (TPSA) is 197 Å². The van der Waals surface area contributed by atoms with E-state index < -0.39 is 71.6 Å². The van der Waals surface area contributed by atoms with Gasteiger partial charge in [0.05, 0.1) is 25.4 Å². The van der Waals surface area contributed by atoms with Gasteiger partial charge in [0.15, 0.2) is 16.6 Å². The predicted octanol–water partition coefficient (Wildman–Crippen LogP) is 4.27. The molecule has 276 valence electrons. The molecule has 2 aliphatic heterocycles. The van der Waals surface area contributed by atoms with Gasteiger partial charge >= 0.3 is 18.1 Å². The molecule has 0 bridgehead atoms. The molecule has 2 fully saturated rings. The molecular formula is C30H53N6O9PSSi2. The third kappa shape index (κ3) is 9.74. The van der Waals surface area contributed by atoms with E-state index in [1.807, 2.05) is 0 Å². The molecule has 0 radical (unpaired) electrons. The number of nitrogen functional groups attached to an aromatic ring is 2. The lowest BCUT2D eigenvalue weighted by atomic mass is 10.2. The summed E-state index contributed by atoms with van der Waals surface area (Å²) in [5.41, 5.74) is 10.3. The number of nitrogens with zero attached hydrogens (tertiary/aromatic N) is 4. The Morgan fingerprint density at radius 3 is 1.76 bits per heavy atom. The highest BCUT2D eigenvalue weighted by Gasteiger charge is 2.47. The molecule has 7 atom stereocenters. The Morgan fingerprint density at radius 2 is 1.31 bits per heavy atom. The van der Waals surface area contributed by atoms with Crippen molar-refractivity contribution in [3.05, 3.63) is 45.5 Å². The fourth-order valence-electron chi connectivity index (χ4n) is 5.00. The van der Waals surface area contributed by atoms with Crippen molar-refractivity contribution >= 4 is 46.8 Å². The third-order valence-electron chi connectivity index (χ3n) is 10.0. The molecule has 0 aromatic carbocycles. The Hall–Kier alpha value is -1.84. The van der Waals surface area contributed by atoms with Gasteiger partial charge in [-0.25, -0.2) is 9.59 Å². The minimum Gasteiger partial charge on any atom is -0.414 e. The highest BCUT2D eigenvalue weighted by molar-refractivity contribution is 8.07. The summed E-state index contributed by atoms with van der Waals surface area (Å²) in [4.78, 5) is 44.4. The zero-order valence-corrected chi connectivity index (χ0v) is 33.8. The summed E-state index contributed by atoms with van der Waals surface area (Å²) in [6.07, 6.45) is -0.511. The number of aromatic nitrogens is 4. The van der Waals surface area contributed by atoms with Gasteiger partial charge in [0.25, 0.3) is 0 Å². The van der Waals surface area contributed by atoms with E-state index in [0.717, 1.165) is 0 Å². The monoisotopic (exact) mass is 760 g/mol. The van der Waals surface area contributed by atoms with Gasteiger partial charge in [-0.2, -0.15) is 9.97 Å². The molecule has 0 aliphatic carbocycles. The van der Waals surface area contributed by atoms with Crippen LogP contribution in [-0.2, 0) is 39.2 Å². The SMILES string of the molecule is CC(C)(C)[Si](C)(C)OCC1OC(n2ccc(N)nc2=O)CC1OP(O)(=S)OCC1OC(n2ccc(N)nc2=O)CC1O[Si](C)(C)C(C)(C)C. The summed E-state index contributed by atoms with van der Waals surface area (Å²) >= 11 is 5.52. The molecule has 2 aromatic heterocycles. The largest absolute Gasteiger partial charge is 0.414 e. The van der Waals surface area contributed by atoms with Gasteiger partial charge in [0, 0.05) is 25.2 Å². The van der Waals surface area contributed by atoms with E-state index in [9.17, 15) is 14.5 Å². The van der Waals surface area contributed by atoms with E-state index in [1.54, 1.807) is 0 Å². The van der Waals surface area contributed by atoms with Gasteiger partial charge in [-0.05, 0) is 60.2 Å². The van der Waals surface area contributed by atoms with Crippen LogP contribution in [0.15, 0.2) is 34.1 Å². The van der Waals surface area contributed by atoms with Crippen LogP contribution in [0.1, 0.15) is 66.8 Å². The van der Waals surface area contributed by atoms with Gasteiger partial charge in [0.1, 0.15) is 36.3 Å². The lowest BCUT2D eigenvalue weighted by Crippen LogP contribution is -2.46. The molecule has 0 amide bonds. The molecular weight excluding hydrogens is 708 g/mol. The van der Waals surface area contributed by atoms with Crippen molar-refractivity contribution in [3.8, 4) is 0 Å². The first-order valence-corrected chi connectivity index (χ1v) is 24.8. The normalized spacial score (nSPS) is 26.6. The summed E-state index contributed by atoms with van der Waals surface area (Å²) in [5.74, 6) is 0.198. The Morgan fingerprint density at radius 1 is 0.857 bits per heavy atom. The lowest BCUT2D eigenvalue weighted by molar-refractivity contribution is -0.0507. The maximum Gasteiger partial charge on any atom is 0.351 e. The van der Waals surface area contributed by atoms with Gasteiger partial charge < -0.3 is 43.7 Å². The predicted molar refractivity (Wildman–Crippen MR) is 195 cm³/mol. The molecule has 49 heavy (non-hydrogen) atoms. The maximum absolute atomic E-state index is 12.7. The maximum atomic E-state index is 12.7. The molecule has 0 saturated carbocycles. The van der Waals surface area contributed by atoms with Crippen LogP contribution >= 0.6 is 6.72 Å². The number of ether oxygens (including phenoxy) is 2. The smallest absolute Gasteiger partial charge is 0.351 e. The first-order valence-electron chi connectivity index (χ1n) is 16.4. The summed E-state index contributed by atoms with van der Waals surface area (Å²) in [5, 5.41) is -0.169. The van der Waals surface area contributed by atoms with Crippen molar-refractivity contribution in [3.63, 3.8) is 0 Å². The molecule has 15 nitrogen and oxygen atoms in total. The molecule has 7 unspecified atom stereocenters. The second kappa shape index (κ2) is 14.7. The van der Waals surface area contributed by atoms with Gasteiger partial charge in [0.2, 0.25) is 0 Å². The van der Waals surface area contributed by atoms with E-state index in [4.69, 9.17) is 50.6 Å². The van der Waals surface area contributed by atoms with Crippen LogP contribution in [0.5, 0.6) is 0 Å². The second-order valence-corrected chi connectivity index (χ2v) is 28.1. The summed E-state index contributed by atoms with van der Waals surface area (Å²) in [6, 6.07) is 3.03. The van der Waals surface area contributed by atoms with Crippen molar-refractivity contribution < 1.29 is 32.3 Å². The average molecular weight is 761 g/mol. The number of anilines is 2. The highest BCUT2D eigenvalue weighted by atomic mass is 32.5. The number of hydrogen-bond donors (Lipinski definition) is 3. The Balaban J connectivity index is 1.53.